The SMILES string of the molecule is CCC[C@H]1C(=O)OC2O[C@@]3(C)CCCC4[C@H](C)CCC1C24OO3. The predicted molar refractivity (Wildman–Crippen MR) is 81.9 cm³/mol. The lowest BCUT2D eigenvalue weighted by Gasteiger charge is -2.61. The molecular weight excluding hydrogens is 296 g/mol. The van der Waals surface area contributed by atoms with Gasteiger partial charge in [0.1, 0.15) is 0 Å². The number of carbonyl (C=O) groups excluding carboxylic acids is 1. The van der Waals surface area contributed by atoms with Gasteiger partial charge in [0.25, 0.3) is 0 Å². The monoisotopic (exact) mass is 324 g/mol. The summed E-state index contributed by atoms with van der Waals surface area (Å²) in [5.74, 6) is -0.0192. The second-order valence-electron chi connectivity index (χ2n) is 8.10. The number of esters is 1. The third kappa shape index (κ3) is 2.19. The third-order valence-electron chi connectivity index (χ3n) is 6.62. The molecule has 4 saturated heterocycles. The Kier molecular flexibility index (Phi) is 3.74. The smallest absolute Gasteiger partial charge is 0.311 e. The van der Waals surface area contributed by atoms with Gasteiger partial charge in [-0.3, -0.25) is 4.79 Å². The van der Waals surface area contributed by atoms with Gasteiger partial charge in [-0.2, -0.15) is 0 Å². The molecule has 7 atom stereocenters. The molecule has 1 aliphatic carbocycles. The van der Waals surface area contributed by atoms with E-state index in [9.17, 15) is 4.79 Å². The zero-order chi connectivity index (χ0) is 16.2. The second-order valence-corrected chi connectivity index (χ2v) is 8.10. The highest BCUT2D eigenvalue weighted by Gasteiger charge is 2.69. The molecule has 1 spiro atoms. The minimum Gasteiger partial charge on any atom is -0.432 e. The van der Waals surface area contributed by atoms with E-state index in [4.69, 9.17) is 19.2 Å². The summed E-state index contributed by atoms with van der Waals surface area (Å²) in [6, 6.07) is 0. The number of hydrogen-bond donors (Lipinski definition) is 0. The van der Waals surface area contributed by atoms with Crippen molar-refractivity contribution in [1.29, 1.82) is 0 Å². The zero-order valence-electron chi connectivity index (χ0n) is 14.4. The summed E-state index contributed by atoms with van der Waals surface area (Å²) >= 11 is 0. The maximum Gasteiger partial charge on any atom is 0.311 e. The highest BCUT2D eigenvalue weighted by Crippen LogP contribution is 2.59. The molecule has 0 amide bonds. The van der Waals surface area contributed by atoms with Crippen molar-refractivity contribution in [2.45, 2.75) is 83.4 Å². The van der Waals surface area contributed by atoms with Gasteiger partial charge in [0.15, 0.2) is 5.60 Å². The van der Waals surface area contributed by atoms with Crippen LogP contribution in [0, 0.1) is 23.7 Å². The summed E-state index contributed by atoms with van der Waals surface area (Å²) in [7, 11) is 0. The maximum absolute atomic E-state index is 12.6. The number of carbonyl (C=O) groups is 1. The molecule has 5 aliphatic rings. The Hall–Kier alpha value is -0.650. The van der Waals surface area contributed by atoms with Crippen LogP contribution in [0.5, 0.6) is 0 Å². The van der Waals surface area contributed by atoms with Gasteiger partial charge in [-0.05, 0) is 44.9 Å². The standard InChI is InChI=1S/C18H28O5/c1-4-6-12-14-9-8-11(2)13-7-5-10-17(3)21-16(20-15(12)19)18(13,14)23-22-17/h11-14,16H,4-10H2,1-3H3/t11-,12-,13?,14?,16?,17-,18?/m1/s1. The van der Waals surface area contributed by atoms with E-state index in [1.54, 1.807) is 0 Å². The molecule has 2 bridgehead atoms. The quantitative estimate of drug-likeness (QED) is 0.574. The van der Waals surface area contributed by atoms with E-state index in [0.717, 1.165) is 44.9 Å². The summed E-state index contributed by atoms with van der Waals surface area (Å²) in [4.78, 5) is 24.5. The van der Waals surface area contributed by atoms with Crippen molar-refractivity contribution in [3.63, 3.8) is 0 Å². The van der Waals surface area contributed by atoms with Crippen LogP contribution in [0.4, 0.5) is 0 Å². The Bertz CT molecular complexity index is 494. The first kappa shape index (κ1) is 15.9. The minimum atomic E-state index is -0.802. The van der Waals surface area contributed by atoms with Crippen LogP contribution in [-0.2, 0) is 24.0 Å². The molecule has 5 fully saturated rings. The van der Waals surface area contributed by atoms with Gasteiger partial charge in [0.2, 0.25) is 12.1 Å². The molecule has 4 aliphatic heterocycles. The summed E-state index contributed by atoms with van der Waals surface area (Å²) in [6.45, 7) is 6.29. The average Bonchev–Trinajstić information content (AvgIpc) is 2.49. The fraction of sp³-hybridized carbons (Fsp3) is 0.944. The number of fused-ring (bicyclic) bond motifs is 3. The average molecular weight is 324 g/mol. The van der Waals surface area contributed by atoms with Crippen molar-refractivity contribution >= 4 is 5.97 Å². The van der Waals surface area contributed by atoms with Gasteiger partial charge in [-0.25, -0.2) is 9.78 Å². The van der Waals surface area contributed by atoms with Crippen LogP contribution >= 0.6 is 0 Å². The van der Waals surface area contributed by atoms with Gasteiger partial charge in [0, 0.05) is 18.3 Å². The van der Waals surface area contributed by atoms with E-state index < -0.39 is 17.7 Å². The normalized spacial score (nSPS) is 52.3. The Labute approximate surface area is 137 Å². The van der Waals surface area contributed by atoms with Crippen LogP contribution < -0.4 is 0 Å². The van der Waals surface area contributed by atoms with Crippen LogP contribution in [-0.4, -0.2) is 23.6 Å². The van der Waals surface area contributed by atoms with Crippen molar-refractivity contribution in [3.05, 3.63) is 0 Å². The lowest BCUT2D eigenvalue weighted by Crippen LogP contribution is -2.72. The van der Waals surface area contributed by atoms with E-state index in [1.165, 1.54) is 0 Å². The van der Waals surface area contributed by atoms with E-state index in [-0.39, 0.29) is 17.8 Å². The van der Waals surface area contributed by atoms with Gasteiger partial charge < -0.3 is 9.47 Å². The maximum atomic E-state index is 12.6. The van der Waals surface area contributed by atoms with Crippen LogP contribution in [0.25, 0.3) is 0 Å². The van der Waals surface area contributed by atoms with Crippen LogP contribution in [0.1, 0.15) is 65.7 Å². The Morgan fingerprint density at radius 3 is 2.78 bits per heavy atom. The zero-order valence-corrected chi connectivity index (χ0v) is 14.4. The summed E-state index contributed by atoms with van der Waals surface area (Å²) in [5.41, 5.74) is -0.620. The predicted octanol–water partition coefficient (Wildman–Crippen LogP) is 3.57. The van der Waals surface area contributed by atoms with Crippen LogP contribution in [0.15, 0.2) is 0 Å². The Balaban J connectivity index is 1.78. The highest BCUT2D eigenvalue weighted by molar-refractivity contribution is 5.74. The molecule has 5 rings (SSSR count). The summed E-state index contributed by atoms with van der Waals surface area (Å²) in [6.07, 6.45) is 6.23. The summed E-state index contributed by atoms with van der Waals surface area (Å²) < 4.78 is 12.0. The molecule has 1 saturated carbocycles. The van der Waals surface area contributed by atoms with Crippen molar-refractivity contribution in [1.82, 2.24) is 0 Å². The van der Waals surface area contributed by atoms with Gasteiger partial charge in [-0.1, -0.05) is 20.3 Å². The second kappa shape index (κ2) is 5.43. The molecule has 4 unspecified atom stereocenters. The van der Waals surface area contributed by atoms with E-state index >= 15 is 0 Å². The third-order valence-corrected chi connectivity index (χ3v) is 6.62. The molecule has 0 N–H and O–H groups in total. The highest BCUT2D eigenvalue weighted by atomic mass is 17.3. The fourth-order valence-corrected chi connectivity index (χ4v) is 5.47. The van der Waals surface area contributed by atoms with Crippen molar-refractivity contribution in [2.75, 3.05) is 0 Å². The fourth-order valence-electron chi connectivity index (χ4n) is 5.47. The lowest BCUT2D eigenvalue weighted by atomic mass is 9.56. The van der Waals surface area contributed by atoms with E-state index in [2.05, 4.69) is 13.8 Å². The molecule has 0 radical (unpaired) electrons. The molecule has 23 heavy (non-hydrogen) atoms. The minimum absolute atomic E-state index is 0.0952. The molecule has 0 aromatic heterocycles. The van der Waals surface area contributed by atoms with Crippen LogP contribution in [0.3, 0.4) is 0 Å². The number of hydrogen-bond acceptors (Lipinski definition) is 5. The lowest BCUT2D eigenvalue weighted by molar-refractivity contribution is -0.574. The van der Waals surface area contributed by atoms with Gasteiger partial charge >= 0.3 is 5.97 Å². The molecular formula is C18H28O5. The first-order valence-corrected chi connectivity index (χ1v) is 9.25. The topological polar surface area (TPSA) is 54.0 Å². The first-order chi connectivity index (χ1) is 11.0. The Morgan fingerprint density at radius 2 is 2.00 bits per heavy atom. The summed E-state index contributed by atoms with van der Waals surface area (Å²) in [5, 5.41) is 0. The van der Waals surface area contributed by atoms with Gasteiger partial charge in [-0.15, -0.1) is 0 Å². The molecule has 0 aromatic carbocycles. The number of ether oxygens (including phenoxy) is 2. The van der Waals surface area contributed by atoms with E-state index in [1.807, 2.05) is 6.92 Å². The van der Waals surface area contributed by atoms with Crippen molar-refractivity contribution in [3.8, 4) is 0 Å². The molecule has 4 heterocycles. The largest absolute Gasteiger partial charge is 0.432 e. The Morgan fingerprint density at radius 1 is 1.17 bits per heavy atom. The van der Waals surface area contributed by atoms with Crippen LogP contribution in [0.2, 0.25) is 0 Å². The van der Waals surface area contributed by atoms with E-state index in [0.29, 0.717) is 11.8 Å². The molecule has 5 heteroatoms. The molecule has 5 nitrogen and oxygen atoms in total. The van der Waals surface area contributed by atoms with Crippen molar-refractivity contribution in [2.24, 2.45) is 23.7 Å². The first-order valence-electron chi connectivity index (χ1n) is 9.25. The molecule has 0 aromatic rings. The molecule has 130 valence electrons. The number of rotatable bonds is 2. The van der Waals surface area contributed by atoms with Crippen molar-refractivity contribution < 1.29 is 24.0 Å². The van der Waals surface area contributed by atoms with Gasteiger partial charge in [0.05, 0.1) is 5.92 Å².